The minimum absolute atomic E-state index is 0.366. The van der Waals surface area contributed by atoms with Crippen LogP contribution in [-0.2, 0) is 0 Å². The van der Waals surface area contributed by atoms with Gasteiger partial charge in [0.25, 0.3) is 0 Å². The molecule has 28 heavy (non-hydrogen) atoms. The van der Waals surface area contributed by atoms with Crippen molar-refractivity contribution in [3.8, 4) is 28.8 Å². The lowest BCUT2D eigenvalue weighted by Crippen LogP contribution is -2.03. The van der Waals surface area contributed by atoms with Crippen LogP contribution >= 0.6 is 11.8 Å². The lowest BCUT2D eigenvalue weighted by atomic mass is 10.1. The lowest BCUT2D eigenvalue weighted by Gasteiger charge is -2.14. The Morgan fingerprint density at radius 2 is 1.71 bits per heavy atom. The van der Waals surface area contributed by atoms with Gasteiger partial charge in [-0.05, 0) is 43.5 Å². The molecule has 0 spiro atoms. The first kappa shape index (κ1) is 19.5. The fourth-order valence-corrected chi connectivity index (χ4v) is 3.06. The van der Waals surface area contributed by atoms with E-state index in [0.29, 0.717) is 33.7 Å². The number of aromatic nitrogens is 2. The summed E-state index contributed by atoms with van der Waals surface area (Å²) in [7, 11) is 3.16. The number of rotatable bonds is 6. The fourth-order valence-electron chi connectivity index (χ4n) is 2.69. The predicted octanol–water partition coefficient (Wildman–Crippen LogP) is 4.81. The number of methoxy groups -OCH3 is 2. The highest BCUT2D eigenvalue weighted by molar-refractivity contribution is 7.98. The van der Waals surface area contributed by atoms with Gasteiger partial charge in [-0.1, -0.05) is 29.5 Å². The average molecular weight is 392 g/mol. The molecular formula is C21H20N4O2S. The lowest BCUT2D eigenvalue weighted by molar-refractivity contribution is 0.355. The quantitative estimate of drug-likeness (QED) is 0.476. The molecule has 0 bridgehead atoms. The van der Waals surface area contributed by atoms with E-state index >= 15 is 0 Å². The van der Waals surface area contributed by atoms with Crippen LogP contribution in [0.2, 0.25) is 0 Å². The second-order valence-corrected chi connectivity index (χ2v) is 6.73. The third-order valence-electron chi connectivity index (χ3n) is 4.15. The van der Waals surface area contributed by atoms with Crippen molar-refractivity contribution in [2.75, 3.05) is 25.8 Å². The van der Waals surface area contributed by atoms with Gasteiger partial charge in [0.15, 0.2) is 22.5 Å². The number of nitrogens with zero attached hydrogens (tertiary/aromatic N) is 3. The first-order chi connectivity index (χ1) is 13.6. The van der Waals surface area contributed by atoms with Crippen molar-refractivity contribution in [1.29, 1.82) is 5.26 Å². The van der Waals surface area contributed by atoms with E-state index in [0.717, 1.165) is 16.8 Å². The van der Waals surface area contributed by atoms with Crippen LogP contribution in [0.15, 0.2) is 47.6 Å². The Morgan fingerprint density at radius 1 is 1.00 bits per heavy atom. The fraction of sp³-hybridized carbons (Fsp3) is 0.190. The number of nitrogens with one attached hydrogen (secondary N) is 1. The molecule has 0 saturated heterocycles. The van der Waals surface area contributed by atoms with Gasteiger partial charge < -0.3 is 14.8 Å². The molecule has 6 nitrogen and oxygen atoms in total. The summed E-state index contributed by atoms with van der Waals surface area (Å²) in [6.45, 7) is 2.02. The zero-order chi connectivity index (χ0) is 20.1. The molecule has 0 fully saturated rings. The standard InChI is InChI=1S/C21H20N4O2S/c1-13-5-8-15(9-6-13)23-20-16(12-22)19(24-21(25-20)28-4)14-7-10-17(26-2)18(11-14)27-3/h5-11H,1-4H3,(H,23,24,25). The molecule has 0 radical (unpaired) electrons. The van der Waals surface area contributed by atoms with Gasteiger partial charge in [0.2, 0.25) is 0 Å². The summed E-state index contributed by atoms with van der Waals surface area (Å²) in [5.41, 5.74) is 3.66. The molecule has 3 rings (SSSR count). The van der Waals surface area contributed by atoms with Gasteiger partial charge in [-0.2, -0.15) is 5.26 Å². The largest absolute Gasteiger partial charge is 0.493 e. The Bertz CT molecular complexity index is 1030. The van der Waals surface area contributed by atoms with E-state index in [1.54, 1.807) is 20.3 Å². The Morgan fingerprint density at radius 3 is 2.32 bits per heavy atom. The van der Waals surface area contributed by atoms with Gasteiger partial charge in [-0.3, -0.25) is 0 Å². The summed E-state index contributed by atoms with van der Waals surface area (Å²) in [6.07, 6.45) is 1.90. The van der Waals surface area contributed by atoms with Crippen LogP contribution in [0, 0.1) is 18.3 Å². The van der Waals surface area contributed by atoms with Crippen molar-refractivity contribution >= 4 is 23.3 Å². The van der Waals surface area contributed by atoms with Crippen LogP contribution in [0.25, 0.3) is 11.3 Å². The Hall–Kier alpha value is -3.24. The number of benzene rings is 2. The molecule has 1 heterocycles. The number of anilines is 2. The normalized spacial score (nSPS) is 10.2. The molecule has 7 heteroatoms. The van der Waals surface area contributed by atoms with E-state index in [-0.39, 0.29) is 0 Å². The molecular weight excluding hydrogens is 372 g/mol. The molecule has 1 N–H and O–H groups in total. The van der Waals surface area contributed by atoms with Crippen molar-refractivity contribution in [3.63, 3.8) is 0 Å². The molecule has 142 valence electrons. The molecule has 0 aliphatic heterocycles. The maximum atomic E-state index is 9.84. The first-order valence-corrected chi connectivity index (χ1v) is 9.74. The second-order valence-electron chi connectivity index (χ2n) is 5.96. The van der Waals surface area contributed by atoms with E-state index in [1.165, 1.54) is 11.8 Å². The second kappa shape index (κ2) is 8.63. The van der Waals surface area contributed by atoms with Gasteiger partial charge in [-0.15, -0.1) is 0 Å². The zero-order valence-electron chi connectivity index (χ0n) is 16.1. The van der Waals surface area contributed by atoms with E-state index in [4.69, 9.17) is 9.47 Å². The van der Waals surface area contributed by atoms with Crippen LogP contribution in [0.4, 0.5) is 11.5 Å². The third kappa shape index (κ3) is 4.02. The van der Waals surface area contributed by atoms with Crippen molar-refractivity contribution in [1.82, 2.24) is 9.97 Å². The molecule has 1 aromatic heterocycles. The molecule has 0 amide bonds. The van der Waals surface area contributed by atoms with Gasteiger partial charge in [0.05, 0.1) is 19.9 Å². The zero-order valence-corrected chi connectivity index (χ0v) is 16.9. The SMILES string of the molecule is COc1ccc(-c2nc(SC)nc(Nc3ccc(C)cc3)c2C#N)cc1OC. The summed E-state index contributed by atoms with van der Waals surface area (Å²) < 4.78 is 10.7. The first-order valence-electron chi connectivity index (χ1n) is 8.51. The molecule has 0 aliphatic carbocycles. The third-order valence-corrected chi connectivity index (χ3v) is 4.70. The number of nitriles is 1. The molecule has 0 aliphatic rings. The van der Waals surface area contributed by atoms with Crippen LogP contribution < -0.4 is 14.8 Å². The van der Waals surface area contributed by atoms with Gasteiger partial charge in [0, 0.05) is 11.3 Å². The van der Waals surface area contributed by atoms with E-state index in [2.05, 4.69) is 21.4 Å². The Labute approximate surface area is 168 Å². The minimum Gasteiger partial charge on any atom is -0.493 e. The maximum Gasteiger partial charge on any atom is 0.189 e. The van der Waals surface area contributed by atoms with Crippen molar-refractivity contribution in [3.05, 3.63) is 53.6 Å². The summed E-state index contributed by atoms with van der Waals surface area (Å²) in [5, 5.41) is 13.7. The molecule has 3 aromatic rings. The summed E-state index contributed by atoms with van der Waals surface area (Å²) >= 11 is 1.41. The van der Waals surface area contributed by atoms with Crippen molar-refractivity contribution in [2.45, 2.75) is 12.1 Å². The van der Waals surface area contributed by atoms with Crippen molar-refractivity contribution in [2.24, 2.45) is 0 Å². The van der Waals surface area contributed by atoms with Crippen LogP contribution in [0.1, 0.15) is 11.1 Å². The monoisotopic (exact) mass is 392 g/mol. The molecule has 0 unspecified atom stereocenters. The number of hydrogen-bond donors (Lipinski definition) is 1. The van der Waals surface area contributed by atoms with Gasteiger partial charge in [-0.25, -0.2) is 9.97 Å². The molecule has 0 saturated carbocycles. The molecule has 2 aromatic carbocycles. The highest BCUT2D eigenvalue weighted by atomic mass is 32.2. The Kier molecular flexibility index (Phi) is 6.02. The highest BCUT2D eigenvalue weighted by Crippen LogP contribution is 2.35. The van der Waals surface area contributed by atoms with E-state index < -0.39 is 0 Å². The van der Waals surface area contributed by atoms with Crippen molar-refractivity contribution < 1.29 is 9.47 Å². The van der Waals surface area contributed by atoms with Crippen LogP contribution in [0.5, 0.6) is 11.5 Å². The van der Waals surface area contributed by atoms with Gasteiger partial charge in [0.1, 0.15) is 11.6 Å². The minimum atomic E-state index is 0.366. The summed E-state index contributed by atoms with van der Waals surface area (Å²) in [6, 6.07) is 15.6. The number of ether oxygens (including phenoxy) is 2. The Balaban J connectivity index is 2.13. The van der Waals surface area contributed by atoms with Gasteiger partial charge >= 0.3 is 0 Å². The topological polar surface area (TPSA) is 80.1 Å². The predicted molar refractivity (Wildman–Crippen MR) is 112 cm³/mol. The molecule has 0 atom stereocenters. The number of aryl methyl sites for hydroxylation is 1. The number of thioether (sulfide) groups is 1. The van der Waals surface area contributed by atoms with E-state index in [1.807, 2.05) is 49.6 Å². The smallest absolute Gasteiger partial charge is 0.189 e. The maximum absolute atomic E-state index is 9.84. The summed E-state index contributed by atoms with van der Waals surface area (Å²) in [4.78, 5) is 9.08. The summed E-state index contributed by atoms with van der Waals surface area (Å²) in [5.74, 6) is 1.65. The van der Waals surface area contributed by atoms with Crippen LogP contribution in [0.3, 0.4) is 0 Å². The van der Waals surface area contributed by atoms with Crippen LogP contribution in [-0.4, -0.2) is 30.4 Å². The van der Waals surface area contributed by atoms with E-state index in [9.17, 15) is 5.26 Å². The highest BCUT2D eigenvalue weighted by Gasteiger charge is 2.18. The number of hydrogen-bond acceptors (Lipinski definition) is 7. The average Bonchev–Trinajstić information content (AvgIpc) is 2.74.